The number of carbonyl (C=O) groups excluding carboxylic acids is 1. The Hall–Kier alpha value is -1.35. The van der Waals surface area contributed by atoms with Crippen molar-refractivity contribution < 1.29 is 4.79 Å². The molecule has 1 atom stereocenters. The lowest BCUT2D eigenvalue weighted by atomic mass is 9.83. The van der Waals surface area contributed by atoms with Crippen molar-refractivity contribution in [1.82, 2.24) is 4.90 Å². The van der Waals surface area contributed by atoms with Gasteiger partial charge in [0.1, 0.15) is 6.04 Å². The van der Waals surface area contributed by atoms with Crippen LogP contribution in [-0.2, 0) is 4.79 Å². The maximum atomic E-state index is 11.5. The highest BCUT2D eigenvalue weighted by molar-refractivity contribution is 5.81. The summed E-state index contributed by atoms with van der Waals surface area (Å²) in [5.41, 5.74) is 7.86. The molecule has 0 radical (unpaired) electrons. The molecule has 1 unspecified atom stereocenters. The molecule has 3 nitrogen and oxygen atoms in total. The zero-order valence-corrected chi connectivity index (χ0v) is 11.9. The number of carbonyl (C=O) groups is 1. The Bertz CT molecular complexity index is 419. The minimum atomic E-state index is -0.333. The van der Waals surface area contributed by atoms with Crippen molar-refractivity contribution >= 4 is 5.91 Å². The van der Waals surface area contributed by atoms with Crippen molar-refractivity contribution in [3.63, 3.8) is 0 Å². The van der Waals surface area contributed by atoms with E-state index in [-0.39, 0.29) is 11.9 Å². The summed E-state index contributed by atoms with van der Waals surface area (Å²) in [6, 6.07) is 8.12. The average molecular weight is 260 g/mol. The van der Waals surface area contributed by atoms with E-state index < -0.39 is 0 Å². The third kappa shape index (κ3) is 3.35. The van der Waals surface area contributed by atoms with E-state index in [1.165, 1.54) is 37.7 Å². The molecule has 1 fully saturated rings. The van der Waals surface area contributed by atoms with Gasteiger partial charge in [-0.1, -0.05) is 43.5 Å². The van der Waals surface area contributed by atoms with Gasteiger partial charge < -0.3 is 5.73 Å². The van der Waals surface area contributed by atoms with Crippen molar-refractivity contribution in [1.29, 1.82) is 0 Å². The van der Waals surface area contributed by atoms with Crippen LogP contribution in [-0.4, -0.2) is 24.9 Å². The molecule has 1 saturated carbocycles. The molecule has 104 valence electrons. The van der Waals surface area contributed by atoms with Crippen LogP contribution in [0, 0.1) is 0 Å². The lowest BCUT2D eigenvalue weighted by Gasteiger charge is -2.24. The summed E-state index contributed by atoms with van der Waals surface area (Å²) < 4.78 is 0. The van der Waals surface area contributed by atoms with Crippen LogP contribution in [0.4, 0.5) is 0 Å². The molecule has 1 aromatic rings. The van der Waals surface area contributed by atoms with Crippen molar-refractivity contribution in [2.24, 2.45) is 5.73 Å². The second-order valence-corrected chi connectivity index (χ2v) is 5.77. The molecule has 0 aromatic heterocycles. The van der Waals surface area contributed by atoms with Gasteiger partial charge in [0.2, 0.25) is 5.91 Å². The number of rotatable bonds is 4. The Balaban J connectivity index is 2.14. The van der Waals surface area contributed by atoms with Crippen LogP contribution in [0.5, 0.6) is 0 Å². The summed E-state index contributed by atoms with van der Waals surface area (Å²) >= 11 is 0. The van der Waals surface area contributed by atoms with Crippen LogP contribution in [0.2, 0.25) is 0 Å². The molecule has 2 N–H and O–H groups in total. The highest BCUT2D eigenvalue weighted by Gasteiger charge is 2.21. The number of benzene rings is 1. The van der Waals surface area contributed by atoms with E-state index in [9.17, 15) is 4.79 Å². The van der Waals surface area contributed by atoms with Crippen molar-refractivity contribution in [3.05, 3.63) is 35.4 Å². The van der Waals surface area contributed by atoms with Gasteiger partial charge in [-0.15, -0.1) is 0 Å². The molecule has 0 saturated heterocycles. The molecule has 1 aromatic carbocycles. The predicted octanol–water partition coefficient (Wildman–Crippen LogP) is 2.82. The van der Waals surface area contributed by atoms with E-state index in [2.05, 4.69) is 24.3 Å². The molecule has 3 heteroatoms. The third-order valence-corrected chi connectivity index (χ3v) is 4.11. The van der Waals surface area contributed by atoms with Crippen LogP contribution >= 0.6 is 0 Å². The van der Waals surface area contributed by atoms with Gasteiger partial charge in [0.15, 0.2) is 0 Å². The Kier molecular flexibility index (Phi) is 4.59. The highest BCUT2D eigenvalue weighted by Crippen LogP contribution is 2.33. The fourth-order valence-electron chi connectivity index (χ4n) is 3.10. The van der Waals surface area contributed by atoms with Crippen LogP contribution in [0.1, 0.15) is 55.2 Å². The SMILES string of the molecule is CN(C)C(C(N)=O)c1ccc(C2CCCCC2)cc1. The number of nitrogens with two attached hydrogens (primary N) is 1. The van der Waals surface area contributed by atoms with Gasteiger partial charge in [-0.3, -0.25) is 9.69 Å². The fraction of sp³-hybridized carbons (Fsp3) is 0.562. The number of likely N-dealkylation sites (N-methyl/N-ethyl adjacent to an activating group) is 1. The summed E-state index contributed by atoms with van der Waals surface area (Å²) in [4.78, 5) is 13.4. The van der Waals surface area contributed by atoms with E-state index in [1.54, 1.807) is 0 Å². The number of hydrogen-bond acceptors (Lipinski definition) is 2. The molecular formula is C16H24N2O. The van der Waals surface area contributed by atoms with Gasteiger partial charge in [-0.2, -0.15) is 0 Å². The summed E-state index contributed by atoms with van der Waals surface area (Å²) in [5.74, 6) is 0.407. The fourth-order valence-corrected chi connectivity index (χ4v) is 3.10. The van der Waals surface area contributed by atoms with Gasteiger partial charge >= 0.3 is 0 Å². The predicted molar refractivity (Wildman–Crippen MR) is 77.9 cm³/mol. The van der Waals surface area contributed by atoms with Crippen molar-refractivity contribution in [2.45, 2.75) is 44.1 Å². The maximum absolute atomic E-state index is 11.5. The zero-order chi connectivity index (χ0) is 13.8. The smallest absolute Gasteiger partial charge is 0.239 e. The van der Waals surface area contributed by atoms with Crippen molar-refractivity contribution in [2.75, 3.05) is 14.1 Å². The quantitative estimate of drug-likeness (QED) is 0.905. The number of amides is 1. The summed E-state index contributed by atoms with van der Waals surface area (Å²) in [5, 5.41) is 0. The molecule has 19 heavy (non-hydrogen) atoms. The van der Waals surface area contributed by atoms with Gasteiger partial charge in [-0.05, 0) is 44.0 Å². The maximum Gasteiger partial charge on any atom is 0.239 e. The Morgan fingerprint density at radius 3 is 2.21 bits per heavy atom. The lowest BCUT2D eigenvalue weighted by Crippen LogP contribution is -2.32. The molecule has 1 amide bonds. The van der Waals surface area contributed by atoms with Gasteiger partial charge in [-0.25, -0.2) is 0 Å². The molecule has 0 aliphatic heterocycles. The minimum Gasteiger partial charge on any atom is -0.368 e. The number of nitrogens with zero attached hydrogens (tertiary/aromatic N) is 1. The molecule has 0 spiro atoms. The van der Waals surface area contributed by atoms with Crippen LogP contribution in [0.25, 0.3) is 0 Å². The zero-order valence-electron chi connectivity index (χ0n) is 11.9. The summed E-state index contributed by atoms with van der Waals surface area (Å²) in [6.45, 7) is 0. The first kappa shape index (κ1) is 14.1. The van der Waals surface area contributed by atoms with Gasteiger partial charge in [0.25, 0.3) is 0 Å². The lowest BCUT2D eigenvalue weighted by molar-refractivity contribution is -0.122. The second-order valence-electron chi connectivity index (χ2n) is 5.77. The van der Waals surface area contributed by atoms with E-state index in [4.69, 9.17) is 5.73 Å². The monoisotopic (exact) mass is 260 g/mol. The Morgan fingerprint density at radius 2 is 1.74 bits per heavy atom. The summed E-state index contributed by atoms with van der Waals surface area (Å²) in [7, 11) is 3.76. The second kappa shape index (κ2) is 6.20. The van der Waals surface area contributed by atoms with Crippen molar-refractivity contribution in [3.8, 4) is 0 Å². The normalized spacial score (nSPS) is 18.5. The van der Waals surface area contributed by atoms with Crippen LogP contribution in [0.3, 0.4) is 0 Å². The van der Waals surface area contributed by atoms with Crippen LogP contribution < -0.4 is 5.73 Å². The molecule has 1 aliphatic rings. The minimum absolute atomic E-state index is 0.296. The standard InChI is InChI=1S/C16H24N2O/c1-18(2)15(16(17)19)14-10-8-13(9-11-14)12-6-4-3-5-7-12/h8-12,15H,3-7H2,1-2H3,(H2,17,19). The van der Waals surface area contributed by atoms with E-state index >= 15 is 0 Å². The third-order valence-electron chi connectivity index (χ3n) is 4.11. The first-order valence-electron chi connectivity index (χ1n) is 7.15. The number of hydrogen-bond donors (Lipinski definition) is 1. The largest absolute Gasteiger partial charge is 0.368 e. The Labute approximate surface area is 115 Å². The molecule has 2 rings (SSSR count). The van der Waals surface area contributed by atoms with Gasteiger partial charge in [0.05, 0.1) is 0 Å². The molecule has 0 bridgehead atoms. The van der Waals surface area contributed by atoms with Crippen LogP contribution in [0.15, 0.2) is 24.3 Å². The van der Waals surface area contributed by atoms with E-state index in [0.717, 1.165) is 5.56 Å². The van der Waals surface area contributed by atoms with E-state index in [0.29, 0.717) is 5.92 Å². The Morgan fingerprint density at radius 1 is 1.16 bits per heavy atom. The summed E-state index contributed by atoms with van der Waals surface area (Å²) in [6.07, 6.45) is 6.65. The molecular weight excluding hydrogens is 236 g/mol. The van der Waals surface area contributed by atoms with E-state index in [1.807, 2.05) is 19.0 Å². The molecule has 0 heterocycles. The molecule has 1 aliphatic carbocycles. The average Bonchev–Trinajstić information content (AvgIpc) is 2.40. The first-order chi connectivity index (χ1) is 9.09. The topological polar surface area (TPSA) is 46.3 Å². The first-order valence-corrected chi connectivity index (χ1v) is 7.15. The highest BCUT2D eigenvalue weighted by atomic mass is 16.1. The number of primary amides is 1. The van der Waals surface area contributed by atoms with Gasteiger partial charge in [0, 0.05) is 0 Å².